The van der Waals surface area contributed by atoms with E-state index in [0.29, 0.717) is 11.3 Å². The van der Waals surface area contributed by atoms with Crippen LogP contribution in [0.1, 0.15) is 50.3 Å². The number of hydrogen-bond donors (Lipinski definition) is 1. The zero-order valence-electron chi connectivity index (χ0n) is 17.4. The lowest BCUT2D eigenvalue weighted by molar-refractivity contribution is -0.159. The maximum atomic E-state index is 12.6. The summed E-state index contributed by atoms with van der Waals surface area (Å²) in [4.78, 5) is 24.9. The number of ether oxygens (including phenoxy) is 2. The van der Waals surface area contributed by atoms with Gasteiger partial charge in [-0.05, 0) is 62.1 Å². The number of amides is 1. The SMILES string of the molecule is Cc1cccc(C(C)C)c1NC(=O)[C@@H](C)OC(=O)[C@@H](C)Oc1ccc(C#N)cc1. The Labute approximate surface area is 171 Å². The molecule has 0 aromatic heterocycles. The number of aryl methyl sites for hydroxylation is 1. The molecule has 2 aromatic carbocycles. The van der Waals surface area contributed by atoms with E-state index >= 15 is 0 Å². The first-order valence-electron chi connectivity index (χ1n) is 9.50. The molecule has 0 fully saturated rings. The van der Waals surface area contributed by atoms with Crippen LogP contribution < -0.4 is 10.1 Å². The number of para-hydroxylation sites is 1. The molecule has 2 aromatic rings. The van der Waals surface area contributed by atoms with Crippen LogP contribution in [-0.4, -0.2) is 24.1 Å². The highest BCUT2D eigenvalue weighted by atomic mass is 16.6. The minimum atomic E-state index is -0.978. The van der Waals surface area contributed by atoms with Gasteiger partial charge in [0.05, 0.1) is 11.6 Å². The Kier molecular flexibility index (Phi) is 7.38. The Hall–Kier alpha value is -3.33. The third-order valence-electron chi connectivity index (χ3n) is 4.47. The minimum Gasteiger partial charge on any atom is -0.479 e. The first-order valence-corrected chi connectivity index (χ1v) is 9.50. The predicted octanol–water partition coefficient (Wildman–Crippen LogP) is 4.33. The van der Waals surface area contributed by atoms with Gasteiger partial charge in [0.1, 0.15) is 5.75 Å². The predicted molar refractivity (Wildman–Crippen MR) is 111 cm³/mol. The number of nitrogens with zero attached hydrogens (tertiary/aromatic N) is 1. The lowest BCUT2D eigenvalue weighted by atomic mass is 9.98. The van der Waals surface area contributed by atoms with Crippen molar-refractivity contribution in [1.29, 1.82) is 5.26 Å². The molecule has 0 heterocycles. The number of rotatable bonds is 7. The average molecular weight is 394 g/mol. The van der Waals surface area contributed by atoms with Gasteiger partial charge in [-0.15, -0.1) is 0 Å². The highest BCUT2D eigenvalue weighted by Gasteiger charge is 2.24. The summed E-state index contributed by atoms with van der Waals surface area (Å²) < 4.78 is 10.8. The van der Waals surface area contributed by atoms with Crippen molar-refractivity contribution in [3.8, 4) is 11.8 Å². The van der Waals surface area contributed by atoms with E-state index in [1.54, 1.807) is 31.2 Å². The minimum absolute atomic E-state index is 0.240. The van der Waals surface area contributed by atoms with Crippen molar-refractivity contribution < 1.29 is 19.1 Å². The summed E-state index contributed by atoms with van der Waals surface area (Å²) in [5.74, 6) is -0.373. The Bertz CT molecular complexity index is 913. The second kappa shape index (κ2) is 9.74. The average Bonchev–Trinajstić information content (AvgIpc) is 2.69. The molecule has 0 saturated carbocycles. The summed E-state index contributed by atoms with van der Waals surface area (Å²) >= 11 is 0. The molecule has 29 heavy (non-hydrogen) atoms. The van der Waals surface area contributed by atoms with Crippen molar-refractivity contribution in [2.24, 2.45) is 0 Å². The molecule has 6 nitrogen and oxygen atoms in total. The van der Waals surface area contributed by atoms with Crippen LogP contribution in [0, 0.1) is 18.3 Å². The smallest absolute Gasteiger partial charge is 0.347 e. The van der Waals surface area contributed by atoms with E-state index in [0.717, 1.165) is 16.8 Å². The maximum absolute atomic E-state index is 12.6. The molecule has 2 rings (SSSR count). The van der Waals surface area contributed by atoms with E-state index in [9.17, 15) is 9.59 Å². The first kappa shape index (κ1) is 22.0. The number of esters is 1. The number of hydrogen-bond acceptors (Lipinski definition) is 5. The summed E-state index contributed by atoms with van der Waals surface area (Å²) in [5, 5.41) is 11.7. The molecule has 0 spiro atoms. The molecule has 1 N–H and O–H groups in total. The van der Waals surface area contributed by atoms with Crippen molar-refractivity contribution in [1.82, 2.24) is 0 Å². The van der Waals surface area contributed by atoms with Gasteiger partial charge in [-0.25, -0.2) is 4.79 Å². The quantitative estimate of drug-likeness (QED) is 0.706. The van der Waals surface area contributed by atoms with Crippen molar-refractivity contribution in [3.63, 3.8) is 0 Å². The number of carbonyl (C=O) groups excluding carboxylic acids is 2. The number of carbonyl (C=O) groups is 2. The van der Waals surface area contributed by atoms with Crippen molar-refractivity contribution in [2.75, 3.05) is 5.32 Å². The number of nitrogens with one attached hydrogen (secondary N) is 1. The summed E-state index contributed by atoms with van der Waals surface area (Å²) in [7, 11) is 0. The molecular weight excluding hydrogens is 368 g/mol. The topological polar surface area (TPSA) is 88.4 Å². The summed E-state index contributed by atoms with van der Waals surface area (Å²) in [6, 6.07) is 14.2. The summed E-state index contributed by atoms with van der Waals surface area (Å²) in [6.45, 7) is 9.09. The lowest BCUT2D eigenvalue weighted by Gasteiger charge is -2.20. The van der Waals surface area contributed by atoms with Crippen molar-refractivity contribution >= 4 is 17.6 Å². The van der Waals surface area contributed by atoms with Crippen LogP contribution in [0.15, 0.2) is 42.5 Å². The van der Waals surface area contributed by atoms with E-state index in [2.05, 4.69) is 19.2 Å². The van der Waals surface area contributed by atoms with Gasteiger partial charge in [0.15, 0.2) is 12.2 Å². The Morgan fingerprint density at radius 3 is 2.24 bits per heavy atom. The fraction of sp³-hybridized carbons (Fsp3) is 0.348. The molecule has 0 radical (unpaired) electrons. The molecule has 0 unspecified atom stereocenters. The van der Waals surface area contributed by atoms with Gasteiger partial charge < -0.3 is 14.8 Å². The molecular formula is C23H26N2O4. The second-order valence-corrected chi connectivity index (χ2v) is 7.16. The van der Waals surface area contributed by atoms with Gasteiger partial charge >= 0.3 is 5.97 Å². The van der Waals surface area contributed by atoms with Crippen LogP contribution in [0.25, 0.3) is 0 Å². The Balaban J connectivity index is 1.98. The van der Waals surface area contributed by atoms with Crippen molar-refractivity contribution in [3.05, 3.63) is 59.2 Å². The van der Waals surface area contributed by atoms with Gasteiger partial charge in [-0.1, -0.05) is 32.0 Å². The van der Waals surface area contributed by atoms with Crippen LogP contribution in [0.5, 0.6) is 5.75 Å². The highest BCUT2D eigenvalue weighted by molar-refractivity contribution is 5.96. The lowest BCUT2D eigenvalue weighted by Crippen LogP contribution is -2.35. The molecule has 152 valence electrons. The Morgan fingerprint density at radius 1 is 1.00 bits per heavy atom. The summed E-state index contributed by atoms with van der Waals surface area (Å²) in [6.07, 6.45) is -1.88. The molecule has 0 aliphatic rings. The van der Waals surface area contributed by atoms with Gasteiger partial charge in [0.2, 0.25) is 0 Å². The van der Waals surface area contributed by atoms with Crippen LogP contribution >= 0.6 is 0 Å². The van der Waals surface area contributed by atoms with Crippen LogP contribution in [0.3, 0.4) is 0 Å². The molecule has 6 heteroatoms. The Morgan fingerprint density at radius 2 is 1.66 bits per heavy atom. The normalized spacial score (nSPS) is 12.6. The second-order valence-electron chi connectivity index (χ2n) is 7.16. The fourth-order valence-electron chi connectivity index (χ4n) is 2.75. The van der Waals surface area contributed by atoms with E-state index in [4.69, 9.17) is 14.7 Å². The van der Waals surface area contributed by atoms with Crippen molar-refractivity contribution in [2.45, 2.75) is 52.7 Å². The number of benzene rings is 2. The van der Waals surface area contributed by atoms with Crippen LogP contribution in [-0.2, 0) is 14.3 Å². The molecule has 2 atom stereocenters. The van der Waals surface area contributed by atoms with E-state index in [1.165, 1.54) is 6.92 Å². The maximum Gasteiger partial charge on any atom is 0.347 e. The standard InChI is InChI=1S/C23H26N2O4/c1-14(2)20-8-6-7-15(3)21(20)25-22(26)16(4)29-23(27)17(5)28-19-11-9-18(13-24)10-12-19/h6-12,14,16-17H,1-5H3,(H,25,26)/t16-,17-/m1/s1. The third kappa shape index (κ3) is 5.82. The van der Waals surface area contributed by atoms with Crippen LogP contribution in [0.2, 0.25) is 0 Å². The van der Waals surface area contributed by atoms with E-state index in [-0.39, 0.29) is 5.92 Å². The van der Waals surface area contributed by atoms with Crippen LogP contribution in [0.4, 0.5) is 5.69 Å². The van der Waals surface area contributed by atoms with Gasteiger partial charge in [0.25, 0.3) is 5.91 Å². The summed E-state index contributed by atoms with van der Waals surface area (Å²) in [5.41, 5.74) is 3.21. The molecule has 0 aliphatic heterocycles. The largest absolute Gasteiger partial charge is 0.479 e. The zero-order valence-corrected chi connectivity index (χ0v) is 17.4. The van der Waals surface area contributed by atoms with Gasteiger partial charge in [-0.3, -0.25) is 4.79 Å². The first-order chi connectivity index (χ1) is 13.7. The van der Waals surface area contributed by atoms with Gasteiger partial charge in [0, 0.05) is 5.69 Å². The fourth-order valence-corrected chi connectivity index (χ4v) is 2.75. The molecule has 0 saturated heterocycles. The molecule has 1 amide bonds. The van der Waals surface area contributed by atoms with E-state index < -0.39 is 24.1 Å². The van der Waals surface area contributed by atoms with Gasteiger partial charge in [-0.2, -0.15) is 5.26 Å². The van der Waals surface area contributed by atoms with E-state index in [1.807, 2.05) is 31.2 Å². The molecule has 0 bridgehead atoms. The number of anilines is 1. The highest BCUT2D eigenvalue weighted by Crippen LogP contribution is 2.27. The molecule has 0 aliphatic carbocycles. The third-order valence-corrected chi connectivity index (χ3v) is 4.47. The zero-order chi connectivity index (χ0) is 21.6. The number of nitriles is 1. The monoisotopic (exact) mass is 394 g/mol.